The van der Waals surface area contributed by atoms with Crippen molar-refractivity contribution < 1.29 is 13.5 Å². The molecular weight excluding hydrogens is 442 g/mol. The van der Waals surface area contributed by atoms with E-state index in [9.17, 15) is 8.78 Å². The standard InChI is InChI=1S/C30H30F2N2O/c31-22-9-12-24(13-10-22)34-20-21(25-6-2-3-7-28(25)34)5-1-4-8-29-26-19-23(32)11-14-27(26)30(35-29)15-17-33-18-16-30/h2-3,6-7,9-14,19-20,29,33H,1,4-5,8,15-18H2. The average Bonchev–Trinajstić information content (AvgIpc) is 3.38. The van der Waals surface area contributed by atoms with Gasteiger partial charge in [-0.15, -0.1) is 0 Å². The van der Waals surface area contributed by atoms with Crippen molar-refractivity contribution in [2.75, 3.05) is 13.1 Å². The second-order valence-corrected chi connectivity index (χ2v) is 9.85. The molecule has 1 spiro atoms. The minimum Gasteiger partial charge on any atom is -0.362 e. The monoisotopic (exact) mass is 472 g/mol. The zero-order chi connectivity index (χ0) is 23.8. The third kappa shape index (κ3) is 4.17. The highest BCUT2D eigenvalue weighted by Gasteiger charge is 2.45. The van der Waals surface area contributed by atoms with E-state index in [-0.39, 0.29) is 23.3 Å². The molecular formula is C30H30F2N2O. The van der Waals surface area contributed by atoms with Gasteiger partial charge in [0.05, 0.1) is 17.2 Å². The van der Waals surface area contributed by atoms with Gasteiger partial charge >= 0.3 is 0 Å². The largest absolute Gasteiger partial charge is 0.362 e. The summed E-state index contributed by atoms with van der Waals surface area (Å²) < 4.78 is 36.4. The molecule has 0 saturated carbocycles. The lowest BCUT2D eigenvalue weighted by atomic mass is 9.84. The number of hydrogen-bond donors (Lipinski definition) is 1. The van der Waals surface area contributed by atoms with Crippen LogP contribution >= 0.6 is 0 Å². The normalized spacial score (nSPS) is 18.9. The Morgan fingerprint density at radius 1 is 0.914 bits per heavy atom. The van der Waals surface area contributed by atoms with Crippen LogP contribution in [-0.4, -0.2) is 17.7 Å². The van der Waals surface area contributed by atoms with Crippen molar-refractivity contribution in [3.05, 3.63) is 101 Å². The lowest BCUT2D eigenvalue weighted by Gasteiger charge is -2.34. The molecule has 5 heteroatoms. The summed E-state index contributed by atoms with van der Waals surface area (Å²) in [6.45, 7) is 1.86. The fraction of sp³-hybridized carbons (Fsp3) is 0.333. The van der Waals surface area contributed by atoms with Gasteiger partial charge in [-0.1, -0.05) is 30.7 Å². The minimum atomic E-state index is -0.262. The van der Waals surface area contributed by atoms with Crippen molar-refractivity contribution in [2.24, 2.45) is 0 Å². The maximum atomic E-state index is 14.1. The van der Waals surface area contributed by atoms with Crippen molar-refractivity contribution >= 4 is 10.9 Å². The molecule has 4 aromatic rings. The smallest absolute Gasteiger partial charge is 0.123 e. The molecule has 1 aromatic heterocycles. The number of rotatable bonds is 6. The van der Waals surface area contributed by atoms with Gasteiger partial charge in [0.1, 0.15) is 11.6 Å². The quantitative estimate of drug-likeness (QED) is 0.307. The maximum absolute atomic E-state index is 14.1. The number of benzene rings is 3. The number of para-hydroxylation sites is 1. The molecule has 0 radical (unpaired) electrons. The molecule has 1 atom stereocenters. The number of nitrogens with one attached hydrogen (secondary N) is 1. The number of unbranched alkanes of at least 4 members (excludes halogenated alkanes) is 1. The Kier molecular flexibility index (Phi) is 5.91. The van der Waals surface area contributed by atoms with Gasteiger partial charge in [-0.2, -0.15) is 0 Å². The molecule has 3 aromatic carbocycles. The Bertz CT molecular complexity index is 1340. The van der Waals surface area contributed by atoms with Crippen LogP contribution in [0.4, 0.5) is 8.78 Å². The van der Waals surface area contributed by atoms with Crippen LogP contribution < -0.4 is 5.32 Å². The first-order valence-electron chi connectivity index (χ1n) is 12.7. The number of ether oxygens (including phenoxy) is 1. The third-order valence-electron chi connectivity index (χ3n) is 7.69. The summed E-state index contributed by atoms with van der Waals surface area (Å²) >= 11 is 0. The number of halogens is 2. The summed E-state index contributed by atoms with van der Waals surface area (Å²) in [5.41, 5.74) is 5.34. The van der Waals surface area contributed by atoms with Crippen molar-refractivity contribution in [3.63, 3.8) is 0 Å². The molecule has 6 rings (SSSR count). The van der Waals surface area contributed by atoms with Gasteiger partial charge in [0.2, 0.25) is 0 Å². The molecule has 0 amide bonds. The number of aromatic nitrogens is 1. The van der Waals surface area contributed by atoms with Crippen molar-refractivity contribution in [3.8, 4) is 5.69 Å². The zero-order valence-corrected chi connectivity index (χ0v) is 19.8. The van der Waals surface area contributed by atoms with Gasteiger partial charge < -0.3 is 14.6 Å². The molecule has 2 aliphatic rings. The molecule has 3 heterocycles. The Balaban J connectivity index is 1.17. The van der Waals surface area contributed by atoms with E-state index in [0.29, 0.717) is 0 Å². The lowest BCUT2D eigenvalue weighted by Crippen LogP contribution is -2.39. The summed E-state index contributed by atoms with van der Waals surface area (Å²) in [5, 5.41) is 4.65. The predicted octanol–water partition coefficient (Wildman–Crippen LogP) is 6.97. The zero-order valence-electron chi connectivity index (χ0n) is 19.8. The topological polar surface area (TPSA) is 26.2 Å². The first-order chi connectivity index (χ1) is 17.1. The van der Waals surface area contributed by atoms with Crippen LogP contribution in [-0.2, 0) is 16.8 Å². The van der Waals surface area contributed by atoms with E-state index in [1.165, 1.54) is 28.6 Å². The molecule has 0 aliphatic carbocycles. The van der Waals surface area contributed by atoms with Crippen LogP contribution in [0.25, 0.3) is 16.6 Å². The number of fused-ring (bicyclic) bond motifs is 3. The fourth-order valence-corrected chi connectivity index (χ4v) is 5.96. The van der Waals surface area contributed by atoms with E-state index in [2.05, 4.69) is 34.3 Å². The Hall–Kier alpha value is -3.02. The summed E-state index contributed by atoms with van der Waals surface area (Å²) in [4.78, 5) is 0. The van der Waals surface area contributed by atoms with Gasteiger partial charge in [0, 0.05) is 17.3 Å². The Morgan fingerprint density at radius 2 is 1.69 bits per heavy atom. The molecule has 2 aliphatic heterocycles. The van der Waals surface area contributed by atoms with E-state index in [1.807, 2.05) is 24.3 Å². The maximum Gasteiger partial charge on any atom is 0.123 e. The van der Waals surface area contributed by atoms with Crippen LogP contribution in [0.15, 0.2) is 72.9 Å². The van der Waals surface area contributed by atoms with E-state index in [1.54, 1.807) is 12.1 Å². The average molecular weight is 473 g/mol. The van der Waals surface area contributed by atoms with Crippen molar-refractivity contribution in [2.45, 2.75) is 50.2 Å². The van der Waals surface area contributed by atoms with E-state index in [4.69, 9.17) is 4.74 Å². The summed E-state index contributed by atoms with van der Waals surface area (Å²) in [6, 6.07) is 20.2. The van der Waals surface area contributed by atoms with Crippen LogP contribution in [0.5, 0.6) is 0 Å². The first kappa shape index (κ1) is 22.4. The highest BCUT2D eigenvalue weighted by atomic mass is 19.1. The minimum absolute atomic E-state index is 0.0423. The second-order valence-electron chi connectivity index (χ2n) is 9.85. The molecule has 1 unspecified atom stereocenters. The molecule has 1 fully saturated rings. The molecule has 35 heavy (non-hydrogen) atoms. The van der Waals surface area contributed by atoms with E-state index < -0.39 is 0 Å². The molecule has 3 nitrogen and oxygen atoms in total. The summed E-state index contributed by atoms with van der Waals surface area (Å²) in [6.07, 6.45) is 7.88. The Morgan fingerprint density at radius 3 is 2.51 bits per heavy atom. The molecule has 180 valence electrons. The third-order valence-corrected chi connectivity index (χ3v) is 7.69. The number of hydrogen-bond acceptors (Lipinski definition) is 2. The van der Waals surface area contributed by atoms with Crippen molar-refractivity contribution in [1.82, 2.24) is 9.88 Å². The van der Waals surface area contributed by atoms with Crippen LogP contribution in [0, 0.1) is 11.6 Å². The highest BCUT2D eigenvalue weighted by Crippen LogP contribution is 2.50. The van der Waals surface area contributed by atoms with E-state index in [0.717, 1.165) is 68.4 Å². The first-order valence-corrected chi connectivity index (χ1v) is 12.7. The fourth-order valence-electron chi connectivity index (χ4n) is 5.96. The van der Waals surface area contributed by atoms with Crippen LogP contribution in [0.3, 0.4) is 0 Å². The van der Waals surface area contributed by atoms with Gasteiger partial charge in [0.25, 0.3) is 0 Å². The second kappa shape index (κ2) is 9.21. The molecule has 0 bridgehead atoms. The summed E-state index contributed by atoms with van der Waals surface area (Å²) in [5.74, 6) is -0.413. The number of nitrogens with zero attached hydrogens (tertiary/aromatic N) is 1. The number of aryl methyl sites for hydroxylation is 1. The highest BCUT2D eigenvalue weighted by molar-refractivity contribution is 5.85. The Labute approximate surface area is 204 Å². The molecule has 1 N–H and O–H groups in total. The van der Waals surface area contributed by atoms with Gasteiger partial charge in [-0.3, -0.25) is 0 Å². The van der Waals surface area contributed by atoms with Gasteiger partial charge in [-0.05, 0) is 104 Å². The van der Waals surface area contributed by atoms with E-state index >= 15 is 0 Å². The number of piperidine rings is 1. The van der Waals surface area contributed by atoms with Gasteiger partial charge in [-0.25, -0.2) is 8.78 Å². The van der Waals surface area contributed by atoms with Gasteiger partial charge in [0.15, 0.2) is 0 Å². The van der Waals surface area contributed by atoms with Crippen molar-refractivity contribution in [1.29, 1.82) is 0 Å². The predicted molar refractivity (Wildman–Crippen MR) is 135 cm³/mol. The molecule has 1 saturated heterocycles. The van der Waals surface area contributed by atoms with Crippen LogP contribution in [0.1, 0.15) is 54.9 Å². The SMILES string of the molecule is Fc1ccc(-n2cc(CCCCC3OC4(CCNCC4)c4ccc(F)cc43)c3ccccc32)cc1. The lowest BCUT2D eigenvalue weighted by molar-refractivity contribution is -0.0972. The van der Waals surface area contributed by atoms with Crippen LogP contribution in [0.2, 0.25) is 0 Å². The summed E-state index contributed by atoms with van der Waals surface area (Å²) in [7, 11) is 0.